The van der Waals surface area contributed by atoms with Crippen LogP contribution in [0.3, 0.4) is 0 Å². The van der Waals surface area contributed by atoms with Crippen molar-refractivity contribution in [2.75, 3.05) is 26.2 Å². The summed E-state index contributed by atoms with van der Waals surface area (Å²) in [6.45, 7) is 5.18. The summed E-state index contributed by atoms with van der Waals surface area (Å²) in [4.78, 5) is 7.22. The van der Waals surface area contributed by atoms with Crippen LogP contribution in [0.25, 0.3) is 21.7 Å². The number of aromatic nitrogens is 1. The lowest BCUT2D eigenvalue weighted by atomic mass is 10.0. The first-order valence-electron chi connectivity index (χ1n) is 8.52. The number of nitrogens with one attached hydrogen (secondary N) is 1. The zero-order valence-corrected chi connectivity index (χ0v) is 14.7. The highest BCUT2D eigenvalue weighted by Crippen LogP contribution is 2.27. The van der Waals surface area contributed by atoms with E-state index < -0.39 is 0 Å². The standard InChI is InChI=1S/C20H20FN3S/c21-18-3-1-2-17(12-18)15-4-6-16(7-5-15)20-23-19(14-25-20)13-24-10-8-22-9-11-24/h1-7,12,14,22H,8-11,13H2. The molecule has 0 bridgehead atoms. The van der Waals surface area contributed by atoms with Gasteiger partial charge in [-0.05, 0) is 23.3 Å². The molecule has 0 saturated carbocycles. The third-order valence-corrected chi connectivity index (χ3v) is 5.38. The highest BCUT2D eigenvalue weighted by Gasteiger charge is 2.12. The fourth-order valence-corrected chi connectivity index (χ4v) is 3.90. The Balaban J connectivity index is 1.48. The van der Waals surface area contributed by atoms with Crippen LogP contribution in [-0.2, 0) is 6.54 Å². The van der Waals surface area contributed by atoms with Gasteiger partial charge in [0.2, 0.25) is 0 Å². The molecular weight excluding hydrogens is 333 g/mol. The minimum atomic E-state index is -0.209. The quantitative estimate of drug-likeness (QED) is 0.768. The molecular formula is C20H20FN3S. The summed E-state index contributed by atoms with van der Waals surface area (Å²) in [6, 6.07) is 14.9. The predicted octanol–water partition coefficient (Wildman–Crippen LogP) is 4.02. The van der Waals surface area contributed by atoms with Crippen LogP contribution in [0.15, 0.2) is 53.9 Å². The number of hydrogen-bond donors (Lipinski definition) is 1. The van der Waals surface area contributed by atoms with E-state index in [4.69, 9.17) is 4.98 Å². The Kier molecular flexibility index (Phi) is 4.88. The summed E-state index contributed by atoms with van der Waals surface area (Å²) in [5.41, 5.74) is 4.15. The topological polar surface area (TPSA) is 28.2 Å². The van der Waals surface area contributed by atoms with Gasteiger partial charge in [-0.25, -0.2) is 9.37 Å². The molecule has 0 unspecified atom stereocenters. The Bertz CT molecular complexity index is 838. The lowest BCUT2D eigenvalue weighted by molar-refractivity contribution is 0.231. The van der Waals surface area contributed by atoms with Gasteiger partial charge in [-0.2, -0.15) is 0 Å². The molecule has 2 aromatic carbocycles. The van der Waals surface area contributed by atoms with Crippen molar-refractivity contribution in [3.05, 3.63) is 65.4 Å². The van der Waals surface area contributed by atoms with Crippen LogP contribution in [0.5, 0.6) is 0 Å². The van der Waals surface area contributed by atoms with Gasteiger partial charge in [0.1, 0.15) is 10.8 Å². The van der Waals surface area contributed by atoms with Gasteiger partial charge in [-0.15, -0.1) is 11.3 Å². The molecule has 0 aliphatic carbocycles. The molecule has 2 heterocycles. The van der Waals surface area contributed by atoms with Gasteiger partial charge in [0.05, 0.1) is 5.69 Å². The number of rotatable bonds is 4. The second-order valence-electron chi connectivity index (χ2n) is 6.26. The molecule has 1 aliphatic heterocycles. The first kappa shape index (κ1) is 16.4. The van der Waals surface area contributed by atoms with Crippen LogP contribution >= 0.6 is 11.3 Å². The summed E-state index contributed by atoms with van der Waals surface area (Å²) < 4.78 is 13.4. The maximum atomic E-state index is 13.4. The van der Waals surface area contributed by atoms with E-state index in [-0.39, 0.29) is 5.82 Å². The average molecular weight is 353 g/mol. The van der Waals surface area contributed by atoms with Crippen molar-refractivity contribution in [2.45, 2.75) is 6.54 Å². The van der Waals surface area contributed by atoms with Crippen molar-refractivity contribution in [3.63, 3.8) is 0 Å². The van der Waals surface area contributed by atoms with E-state index in [2.05, 4.69) is 27.7 Å². The average Bonchev–Trinajstić information content (AvgIpc) is 3.11. The lowest BCUT2D eigenvalue weighted by Crippen LogP contribution is -2.42. The van der Waals surface area contributed by atoms with Crippen LogP contribution in [0.2, 0.25) is 0 Å². The summed E-state index contributed by atoms with van der Waals surface area (Å²) in [7, 11) is 0. The van der Waals surface area contributed by atoms with Crippen LogP contribution < -0.4 is 5.32 Å². The van der Waals surface area contributed by atoms with Gasteiger partial charge >= 0.3 is 0 Å². The van der Waals surface area contributed by atoms with Crippen molar-refractivity contribution in [1.82, 2.24) is 15.2 Å². The minimum Gasteiger partial charge on any atom is -0.314 e. The van der Waals surface area contributed by atoms with Crippen LogP contribution in [0.1, 0.15) is 5.69 Å². The molecule has 0 spiro atoms. The molecule has 3 aromatic rings. The van der Waals surface area contributed by atoms with Gasteiger partial charge in [0, 0.05) is 43.7 Å². The second-order valence-corrected chi connectivity index (χ2v) is 7.12. The van der Waals surface area contributed by atoms with E-state index in [0.717, 1.165) is 60.1 Å². The zero-order valence-electron chi connectivity index (χ0n) is 13.9. The molecule has 25 heavy (non-hydrogen) atoms. The summed E-state index contributed by atoms with van der Waals surface area (Å²) in [6.07, 6.45) is 0. The predicted molar refractivity (Wildman–Crippen MR) is 101 cm³/mol. The largest absolute Gasteiger partial charge is 0.314 e. The molecule has 0 atom stereocenters. The normalized spacial score (nSPS) is 15.4. The van der Waals surface area contributed by atoms with Crippen molar-refractivity contribution >= 4 is 11.3 Å². The maximum Gasteiger partial charge on any atom is 0.123 e. The minimum absolute atomic E-state index is 0.209. The van der Waals surface area contributed by atoms with E-state index in [1.165, 1.54) is 6.07 Å². The number of benzene rings is 2. The number of thiazole rings is 1. The molecule has 0 radical (unpaired) electrons. The van der Waals surface area contributed by atoms with Gasteiger partial charge in [0.15, 0.2) is 0 Å². The first-order valence-corrected chi connectivity index (χ1v) is 9.40. The number of halogens is 1. The number of hydrogen-bond acceptors (Lipinski definition) is 4. The van der Waals surface area contributed by atoms with Crippen LogP contribution in [0.4, 0.5) is 4.39 Å². The molecule has 0 amide bonds. The summed E-state index contributed by atoms with van der Waals surface area (Å²) in [5.74, 6) is -0.209. The van der Waals surface area contributed by atoms with E-state index in [1.54, 1.807) is 23.5 Å². The second kappa shape index (κ2) is 7.44. The molecule has 128 valence electrons. The smallest absolute Gasteiger partial charge is 0.123 e. The Morgan fingerprint density at radius 3 is 2.52 bits per heavy atom. The molecule has 1 aliphatic rings. The molecule has 1 saturated heterocycles. The monoisotopic (exact) mass is 353 g/mol. The number of piperazine rings is 1. The first-order chi connectivity index (χ1) is 12.3. The Hall–Kier alpha value is -2.08. The number of nitrogens with zero attached hydrogens (tertiary/aromatic N) is 2. The molecule has 3 nitrogen and oxygen atoms in total. The van der Waals surface area contributed by atoms with Gasteiger partial charge < -0.3 is 5.32 Å². The van der Waals surface area contributed by atoms with Gasteiger partial charge in [-0.3, -0.25) is 4.90 Å². The van der Waals surface area contributed by atoms with E-state index >= 15 is 0 Å². The SMILES string of the molecule is Fc1cccc(-c2ccc(-c3nc(CN4CCNCC4)cs3)cc2)c1. The molecule has 1 N–H and O–H groups in total. The van der Waals surface area contributed by atoms with Crippen molar-refractivity contribution in [2.24, 2.45) is 0 Å². The maximum absolute atomic E-state index is 13.4. The van der Waals surface area contributed by atoms with E-state index in [9.17, 15) is 4.39 Å². The molecule has 5 heteroatoms. The van der Waals surface area contributed by atoms with E-state index in [1.807, 2.05) is 18.2 Å². The molecule has 1 fully saturated rings. The molecule has 4 rings (SSSR count). The molecule has 1 aromatic heterocycles. The van der Waals surface area contributed by atoms with Crippen molar-refractivity contribution in [3.8, 4) is 21.7 Å². The Morgan fingerprint density at radius 1 is 1.00 bits per heavy atom. The summed E-state index contributed by atoms with van der Waals surface area (Å²) in [5, 5.41) is 6.56. The highest BCUT2D eigenvalue weighted by atomic mass is 32.1. The third-order valence-electron chi connectivity index (χ3n) is 4.44. The fraction of sp³-hybridized carbons (Fsp3) is 0.250. The zero-order chi connectivity index (χ0) is 17.1. The fourth-order valence-electron chi connectivity index (χ4n) is 3.08. The third kappa shape index (κ3) is 3.95. The highest BCUT2D eigenvalue weighted by molar-refractivity contribution is 7.13. The van der Waals surface area contributed by atoms with Crippen LogP contribution in [-0.4, -0.2) is 36.1 Å². The summed E-state index contributed by atoms with van der Waals surface area (Å²) >= 11 is 1.68. The van der Waals surface area contributed by atoms with Crippen molar-refractivity contribution < 1.29 is 4.39 Å². The Labute approximate surface area is 151 Å². The van der Waals surface area contributed by atoms with Gasteiger partial charge in [-0.1, -0.05) is 36.4 Å². The van der Waals surface area contributed by atoms with Crippen LogP contribution in [0, 0.1) is 5.82 Å². The van der Waals surface area contributed by atoms with Gasteiger partial charge in [0.25, 0.3) is 0 Å². The van der Waals surface area contributed by atoms with Crippen molar-refractivity contribution in [1.29, 1.82) is 0 Å². The van der Waals surface area contributed by atoms with E-state index in [0.29, 0.717) is 0 Å². The Morgan fingerprint density at radius 2 is 1.76 bits per heavy atom. The lowest BCUT2D eigenvalue weighted by Gasteiger charge is -2.26.